The fraction of sp³-hybridized carbons (Fsp3) is 0.588. The molecule has 0 aliphatic rings. The van der Waals surface area contributed by atoms with Gasteiger partial charge in [-0.2, -0.15) is 0 Å². The summed E-state index contributed by atoms with van der Waals surface area (Å²) >= 11 is 0. The number of guanidine groups is 1. The lowest BCUT2D eigenvalue weighted by molar-refractivity contribution is 0.224. The van der Waals surface area contributed by atoms with Crippen LogP contribution >= 0.6 is 24.0 Å². The van der Waals surface area contributed by atoms with Crippen LogP contribution in [0.3, 0.4) is 0 Å². The smallest absolute Gasteiger partial charge is 0.210 e. The second-order valence-electron chi connectivity index (χ2n) is 5.66. The Kier molecular flexibility index (Phi) is 12.8. The predicted molar refractivity (Wildman–Crippen MR) is 119 cm³/mol. The van der Waals surface area contributed by atoms with Gasteiger partial charge >= 0.3 is 0 Å². The van der Waals surface area contributed by atoms with Crippen molar-refractivity contribution in [3.05, 3.63) is 35.9 Å². The van der Waals surface area contributed by atoms with Gasteiger partial charge in [0.25, 0.3) is 0 Å². The van der Waals surface area contributed by atoms with Crippen LogP contribution in [0, 0.1) is 0 Å². The highest BCUT2D eigenvalue weighted by molar-refractivity contribution is 14.0. The van der Waals surface area contributed by atoms with Gasteiger partial charge in [0.1, 0.15) is 0 Å². The van der Waals surface area contributed by atoms with E-state index in [9.17, 15) is 8.42 Å². The lowest BCUT2D eigenvalue weighted by atomic mass is 10.1. The molecule has 26 heavy (non-hydrogen) atoms. The van der Waals surface area contributed by atoms with Crippen LogP contribution in [0.15, 0.2) is 35.3 Å². The van der Waals surface area contributed by atoms with Gasteiger partial charge in [0.15, 0.2) is 5.96 Å². The van der Waals surface area contributed by atoms with Gasteiger partial charge in [0.2, 0.25) is 10.0 Å². The summed E-state index contributed by atoms with van der Waals surface area (Å²) in [7, 11) is -3.48. The Morgan fingerprint density at radius 3 is 2.27 bits per heavy atom. The fourth-order valence-electron chi connectivity index (χ4n) is 2.60. The third-order valence-corrected chi connectivity index (χ3v) is 4.66. The molecule has 0 heterocycles. The second kappa shape index (κ2) is 13.3. The highest BCUT2D eigenvalue weighted by atomic mass is 127. The van der Waals surface area contributed by atoms with Crippen LogP contribution < -0.4 is 15.8 Å². The Labute approximate surface area is 174 Å². The van der Waals surface area contributed by atoms with Crippen molar-refractivity contribution in [3.8, 4) is 0 Å². The van der Waals surface area contributed by atoms with Crippen LogP contribution in [0.5, 0.6) is 0 Å². The van der Waals surface area contributed by atoms with Gasteiger partial charge < -0.3 is 10.6 Å². The molecule has 0 fully saturated rings. The molecule has 1 unspecified atom stereocenters. The molecular weight excluding hydrogens is 465 g/mol. The van der Waals surface area contributed by atoms with E-state index in [4.69, 9.17) is 5.14 Å². The van der Waals surface area contributed by atoms with Crippen molar-refractivity contribution >= 4 is 40.0 Å². The molecule has 1 aromatic carbocycles. The van der Waals surface area contributed by atoms with Crippen molar-refractivity contribution in [3.63, 3.8) is 0 Å². The Bertz CT molecular complexity index is 621. The molecule has 0 saturated carbocycles. The first-order valence-corrected chi connectivity index (χ1v) is 10.4. The Morgan fingerprint density at radius 1 is 1.15 bits per heavy atom. The number of hydrogen-bond acceptors (Lipinski definition) is 4. The van der Waals surface area contributed by atoms with Gasteiger partial charge in [-0.05, 0) is 25.6 Å². The van der Waals surface area contributed by atoms with Crippen molar-refractivity contribution in [1.29, 1.82) is 0 Å². The standard InChI is InChI=1S/C17H31N5O2S.HI/c1-4-19-17(20-12-13-25(18,23)24)21-14-16(22(5-2)6-3)15-10-8-7-9-11-15;/h7-11,16H,4-6,12-14H2,1-3H3,(H2,18,23,24)(H2,19,20,21);1H. The molecule has 7 nitrogen and oxygen atoms in total. The number of likely N-dealkylation sites (N-methyl/N-ethyl adjacent to an activating group) is 1. The number of nitrogens with one attached hydrogen (secondary N) is 2. The first-order valence-electron chi connectivity index (χ1n) is 8.72. The van der Waals surface area contributed by atoms with Gasteiger partial charge in [-0.25, -0.2) is 13.6 Å². The van der Waals surface area contributed by atoms with Crippen LogP contribution in [0.2, 0.25) is 0 Å². The normalized spacial score (nSPS) is 13.2. The fourth-order valence-corrected chi connectivity index (χ4v) is 2.99. The molecule has 1 atom stereocenters. The van der Waals surface area contributed by atoms with E-state index in [0.717, 1.165) is 13.1 Å². The number of rotatable bonds is 10. The molecule has 0 saturated heterocycles. The third-order valence-electron chi connectivity index (χ3n) is 3.88. The predicted octanol–water partition coefficient (Wildman–Crippen LogP) is 1.53. The lowest BCUT2D eigenvalue weighted by Gasteiger charge is -2.29. The highest BCUT2D eigenvalue weighted by Crippen LogP contribution is 2.20. The van der Waals surface area contributed by atoms with E-state index in [0.29, 0.717) is 19.0 Å². The van der Waals surface area contributed by atoms with E-state index >= 15 is 0 Å². The molecule has 0 aliphatic carbocycles. The van der Waals surface area contributed by atoms with Crippen LogP contribution in [0.4, 0.5) is 0 Å². The van der Waals surface area contributed by atoms with Gasteiger partial charge in [0.05, 0.1) is 18.3 Å². The van der Waals surface area contributed by atoms with Crippen molar-refractivity contribution in [2.24, 2.45) is 10.1 Å². The van der Waals surface area contributed by atoms with Crippen molar-refractivity contribution in [1.82, 2.24) is 15.5 Å². The zero-order valence-corrected chi connectivity index (χ0v) is 19.0. The van der Waals surface area contributed by atoms with Gasteiger partial charge in [-0.15, -0.1) is 24.0 Å². The first-order chi connectivity index (χ1) is 11.9. The van der Waals surface area contributed by atoms with E-state index < -0.39 is 10.0 Å². The maximum Gasteiger partial charge on any atom is 0.210 e. The Hall–Kier alpha value is -0.910. The van der Waals surface area contributed by atoms with E-state index in [1.54, 1.807) is 0 Å². The summed E-state index contributed by atoms with van der Waals surface area (Å²) in [4.78, 5) is 7.00. The number of halogens is 1. The van der Waals surface area contributed by atoms with Gasteiger partial charge in [-0.3, -0.25) is 9.89 Å². The quantitative estimate of drug-likeness (QED) is 0.259. The summed E-state index contributed by atoms with van der Waals surface area (Å²) in [6, 6.07) is 10.5. The highest BCUT2D eigenvalue weighted by Gasteiger charge is 2.17. The largest absolute Gasteiger partial charge is 0.357 e. The van der Waals surface area contributed by atoms with E-state index in [-0.39, 0.29) is 42.3 Å². The minimum atomic E-state index is -3.48. The zero-order chi connectivity index (χ0) is 18.7. The lowest BCUT2D eigenvalue weighted by Crippen LogP contribution is -2.41. The summed E-state index contributed by atoms with van der Waals surface area (Å²) in [6.07, 6.45) is 0. The van der Waals surface area contributed by atoms with Crippen LogP contribution in [-0.4, -0.2) is 57.8 Å². The Balaban J connectivity index is 0.00000625. The molecule has 1 rings (SSSR count). The first kappa shape index (κ1) is 25.1. The van der Waals surface area contributed by atoms with E-state index in [1.165, 1.54) is 5.56 Å². The molecular formula is C17H32IN5O2S. The number of primary sulfonamides is 1. The summed E-state index contributed by atoms with van der Waals surface area (Å²) in [5.41, 5.74) is 1.22. The monoisotopic (exact) mass is 497 g/mol. The number of sulfonamides is 1. The van der Waals surface area contributed by atoms with Crippen LogP contribution in [-0.2, 0) is 10.0 Å². The Morgan fingerprint density at radius 2 is 1.77 bits per heavy atom. The maximum atomic E-state index is 11.1. The molecule has 0 amide bonds. The number of nitrogens with zero attached hydrogens (tertiary/aromatic N) is 2. The van der Waals surface area contributed by atoms with Crippen molar-refractivity contribution < 1.29 is 8.42 Å². The molecule has 0 spiro atoms. The number of hydrogen-bond donors (Lipinski definition) is 3. The molecule has 9 heteroatoms. The van der Waals surface area contributed by atoms with Crippen molar-refractivity contribution in [2.45, 2.75) is 26.8 Å². The SMILES string of the molecule is CCNC(=NCC(c1ccccc1)N(CC)CC)NCCS(N)(=O)=O.I. The molecule has 0 bridgehead atoms. The average Bonchev–Trinajstić information content (AvgIpc) is 2.58. The van der Waals surface area contributed by atoms with E-state index in [2.05, 4.69) is 46.5 Å². The maximum absolute atomic E-state index is 11.1. The second-order valence-corrected chi connectivity index (χ2v) is 7.40. The summed E-state index contributed by atoms with van der Waals surface area (Å²) in [6.45, 7) is 9.61. The summed E-state index contributed by atoms with van der Waals surface area (Å²) < 4.78 is 22.1. The summed E-state index contributed by atoms with van der Waals surface area (Å²) in [5.74, 6) is 0.467. The van der Waals surface area contributed by atoms with E-state index in [1.807, 2.05) is 25.1 Å². The molecule has 1 aromatic rings. The molecule has 150 valence electrons. The average molecular weight is 497 g/mol. The van der Waals surface area contributed by atoms with Crippen LogP contribution in [0.1, 0.15) is 32.4 Å². The molecule has 0 aliphatic heterocycles. The minimum absolute atomic E-state index is 0. The molecule has 4 N–H and O–H groups in total. The summed E-state index contributed by atoms with van der Waals surface area (Å²) in [5, 5.41) is 11.2. The number of benzene rings is 1. The number of aliphatic imine (C=N–C) groups is 1. The minimum Gasteiger partial charge on any atom is -0.357 e. The zero-order valence-electron chi connectivity index (χ0n) is 15.8. The van der Waals surface area contributed by atoms with Gasteiger partial charge in [-0.1, -0.05) is 44.2 Å². The van der Waals surface area contributed by atoms with Crippen molar-refractivity contribution in [2.75, 3.05) is 38.5 Å². The van der Waals surface area contributed by atoms with Crippen LogP contribution in [0.25, 0.3) is 0 Å². The molecule has 0 aromatic heterocycles. The third kappa shape index (κ3) is 9.70. The van der Waals surface area contributed by atoms with Gasteiger partial charge in [0, 0.05) is 13.1 Å². The molecule has 0 radical (unpaired) electrons. The topological polar surface area (TPSA) is 99.8 Å². The number of nitrogens with two attached hydrogens (primary N) is 1.